The highest BCUT2D eigenvalue weighted by molar-refractivity contribution is 5.86. The second-order valence-corrected chi connectivity index (χ2v) is 7.28. The van der Waals surface area contributed by atoms with Gasteiger partial charge in [0.25, 0.3) is 0 Å². The topological polar surface area (TPSA) is 49.9 Å². The van der Waals surface area contributed by atoms with Gasteiger partial charge < -0.3 is 14.5 Å². The first-order valence-corrected chi connectivity index (χ1v) is 9.38. The molecule has 28 heavy (non-hydrogen) atoms. The van der Waals surface area contributed by atoms with E-state index in [0.717, 1.165) is 5.56 Å². The van der Waals surface area contributed by atoms with Crippen molar-refractivity contribution in [2.24, 2.45) is 5.92 Å². The molecule has 0 aliphatic carbocycles. The number of carbonyl (C=O) groups is 2. The number of nitrogens with zero attached hydrogens (tertiary/aromatic N) is 2. The molecule has 1 saturated heterocycles. The largest absolute Gasteiger partial charge is 0.496 e. The van der Waals surface area contributed by atoms with E-state index in [-0.39, 0.29) is 36.6 Å². The van der Waals surface area contributed by atoms with Crippen LogP contribution < -0.4 is 4.74 Å². The van der Waals surface area contributed by atoms with E-state index in [1.54, 1.807) is 29.0 Å². The number of hydrogen-bond donors (Lipinski definition) is 0. The number of hydrogen-bond acceptors (Lipinski definition) is 3. The van der Waals surface area contributed by atoms with Crippen molar-refractivity contribution < 1.29 is 18.7 Å². The number of halogens is 1. The van der Waals surface area contributed by atoms with E-state index < -0.39 is 0 Å². The monoisotopic (exact) mass is 384 g/mol. The van der Waals surface area contributed by atoms with Crippen molar-refractivity contribution in [1.82, 2.24) is 9.80 Å². The van der Waals surface area contributed by atoms with Crippen LogP contribution in [0.15, 0.2) is 48.5 Å². The van der Waals surface area contributed by atoms with E-state index in [1.165, 1.54) is 12.1 Å². The molecule has 3 rings (SSSR count). The minimum atomic E-state index is -0.342. The molecule has 2 aromatic carbocycles. The van der Waals surface area contributed by atoms with Crippen LogP contribution in [0.1, 0.15) is 24.5 Å². The van der Waals surface area contributed by atoms with Crippen LogP contribution in [0, 0.1) is 11.7 Å². The van der Waals surface area contributed by atoms with Crippen LogP contribution in [-0.4, -0.2) is 41.8 Å². The Bertz CT molecular complexity index is 855. The lowest BCUT2D eigenvalue weighted by Gasteiger charge is -2.26. The summed E-state index contributed by atoms with van der Waals surface area (Å²) in [6.07, 6.45) is 0.476. The fourth-order valence-corrected chi connectivity index (χ4v) is 3.51. The predicted octanol–water partition coefficient (Wildman–Crippen LogP) is 3.23. The molecule has 6 heteroatoms. The average molecular weight is 384 g/mol. The first-order chi connectivity index (χ1) is 13.5. The average Bonchev–Trinajstić information content (AvgIpc) is 2.98. The molecule has 0 radical (unpaired) electrons. The van der Waals surface area contributed by atoms with Crippen LogP contribution >= 0.6 is 0 Å². The second-order valence-electron chi connectivity index (χ2n) is 7.28. The fourth-order valence-electron chi connectivity index (χ4n) is 3.51. The van der Waals surface area contributed by atoms with Crippen LogP contribution in [0.4, 0.5) is 4.39 Å². The fraction of sp³-hybridized carbons (Fsp3) is 0.364. The molecule has 1 aliphatic rings. The Kier molecular flexibility index (Phi) is 6.29. The Morgan fingerprint density at radius 2 is 2.00 bits per heavy atom. The van der Waals surface area contributed by atoms with Crippen LogP contribution in [0.2, 0.25) is 0 Å². The zero-order valence-electron chi connectivity index (χ0n) is 16.2. The molecule has 148 valence electrons. The number of benzene rings is 2. The first-order valence-electron chi connectivity index (χ1n) is 9.38. The molecule has 2 amide bonds. The van der Waals surface area contributed by atoms with Crippen molar-refractivity contribution >= 4 is 11.8 Å². The Morgan fingerprint density at radius 1 is 1.21 bits per heavy atom. The number of methoxy groups -OCH3 is 1. The number of likely N-dealkylation sites (tertiary alicyclic amines) is 1. The number of para-hydroxylation sites is 1. The van der Waals surface area contributed by atoms with E-state index in [2.05, 4.69) is 0 Å². The molecular formula is C22H25FN2O3. The van der Waals surface area contributed by atoms with Gasteiger partial charge in [0.1, 0.15) is 11.6 Å². The number of carbonyl (C=O) groups excluding carboxylic acids is 2. The summed E-state index contributed by atoms with van der Waals surface area (Å²) in [6, 6.07) is 13.7. The molecule has 1 aliphatic heterocycles. The third-order valence-corrected chi connectivity index (χ3v) is 4.90. The Hall–Kier alpha value is -2.89. The minimum Gasteiger partial charge on any atom is -0.496 e. The standard InChI is InChI=1S/C22H25FN2O3/c1-16-10-21(26)24(12-16)15-22(27)25(13-17-6-5-8-19(23)11-17)14-18-7-3-4-9-20(18)28-2/h3-9,11,16H,10,12-15H2,1-2H3/t16-/m1/s1. The zero-order chi connectivity index (χ0) is 20.1. The van der Waals surface area contributed by atoms with E-state index in [0.29, 0.717) is 30.8 Å². The lowest BCUT2D eigenvalue weighted by atomic mass is 10.1. The summed E-state index contributed by atoms with van der Waals surface area (Å²) in [4.78, 5) is 28.4. The molecule has 1 fully saturated rings. The van der Waals surface area contributed by atoms with Crippen LogP contribution in [0.25, 0.3) is 0 Å². The zero-order valence-corrected chi connectivity index (χ0v) is 16.2. The third kappa shape index (κ3) is 4.88. The SMILES string of the molecule is COc1ccccc1CN(Cc1cccc(F)c1)C(=O)CN1C[C@H](C)CC1=O. The number of ether oxygens (including phenoxy) is 1. The van der Waals surface area contributed by atoms with Crippen molar-refractivity contribution in [1.29, 1.82) is 0 Å². The van der Waals surface area contributed by atoms with Gasteiger partial charge in [-0.1, -0.05) is 37.3 Å². The molecular weight excluding hydrogens is 359 g/mol. The van der Waals surface area contributed by atoms with Gasteiger partial charge in [0.05, 0.1) is 13.7 Å². The summed E-state index contributed by atoms with van der Waals surface area (Å²) in [6.45, 7) is 3.20. The van der Waals surface area contributed by atoms with Gasteiger partial charge in [0, 0.05) is 31.6 Å². The van der Waals surface area contributed by atoms with Crippen LogP contribution in [-0.2, 0) is 22.7 Å². The van der Waals surface area contributed by atoms with E-state index >= 15 is 0 Å². The summed E-state index contributed by atoms with van der Waals surface area (Å²) >= 11 is 0. The Labute approximate surface area is 164 Å². The van der Waals surface area contributed by atoms with Crippen molar-refractivity contribution in [3.05, 3.63) is 65.5 Å². The number of amides is 2. The van der Waals surface area contributed by atoms with Crippen molar-refractivity contribution in [2.75, 3.05) is 20.2 Å². The quantitative estimate of drug-likeness (QED) is 0.736. The van der Waals surface area contributed by atoms with Crippen molar-refractivity contribution in [2.45, 2.75) is 26.4 Å². The van der Waals surface area contributed by atoms with E-state index in [9.17, 15) is 14.0 Å². The lowest BCUT2D eigenvalue weighted by Crippen LogP contribution is -2.40. The molecule has 1 atom stereocenters. The van der Waals surface area contributed by atoms with Crippen molar-refractivity contribution in [3.63, 3.8) is 0 Å². The molecule has 0 aromatic heterocycles. The maximum Gasteiger partial charge on any atom is 0.242 e. The molecule has 0 saturated carbocycles. The highest BCUT2D eigenvalue weighted by Crippen LogP contribution is 2.22. The molecule has 5 nitrogen and oxygen atoms in total. The van der Waals surface area contributed by atoms with Crippen LogP contribution in [0.3, 0.4) is 0 Å². The summed E-state index contributed by atoms with van der Waals surface area (Å²) in [5.74, 6) is 0.434. The van der Waals surface area contributed by atoms with E-state index in [1.807, 2.05) is 31.2 Å². The molecule has 1 heterocycles. The maximum atomic E-state index is 13.6. The summed E-state index contributed by atoms with van der Waals surface area (Å²) in [5.41, 5.74) is 1.56. The van der Waals surface area contributed by atoms with E-state index in [4.69, 9.17) is 4.74 Å². The van der Waals surface area contributed by atoms with Gasteiger partial charge in [0.15, 0.2) is 0 Å². The molecule has 0 N–H and O–H groups in total. The molecule has 0 spiro atoms. The smallest absolute Gasteiger partial charge is 0.242 e. The van der Waals surface area contributed by atoms with Gasteiger partial charge in [-0.05, 0) is 29.7 Å². The highest BCUT2D eigenvalue weighted by Gasteiger charge is 2.29. The molecule has 0 unspecified atom stereocenters. The van der Waals surface area contributed by atoms with Gasteiger partial charge in [0.2, 0.25) is 11.8 Å². The maximum absolute atomic E-state index is 13.6. The number of rotatable bonds is 7. The molecule has 2 aromatic rings. The van der Waals surface area contributed by atoms with Gasteiger partial charge >= 0.3 is 0 Å². The van der Waals surface area contributed by atoms with Gasteiger partial charge in [-0.3, -0.25) is 9.59 Å². The first kappa shape index (κ1) is 19.9. The summed E-state index contributed by atoms with van der Waals surface area (Å²) in [5, 5.41) is 0. The summed E-state index contributed by atoms with van der Waals surface area (Å²) < 4.78 is 19.0. The van der Waals surface area contributed by atoms with Gasteiger partial charge in [-0.15, -0.1) is 0 Å². The molecule has 0 bridgehead atoms. The predicted molar refractivity (Wildman–Crippen MR) is 104 cm³/mol. The Morgan fingerprint density at radius 3 is 2.68 bits per heavy atom. The highest BCUT2D eigenvalue weighted by atomic mass is 19.1. The van der Waals surface area contributed by atoms with Gasteiger partial charge in [-0.2, -0.15) is 0 Å². The van der Waals surface area contributed by atoms with Crippen molar-refractivity contribution in [3.8, 4) is 5.75 Å². The second kappa shape index (κ2) is 8.87. The van der Waals surface area contributed by atoms with Crippen LogP contribution in [0.5, 0.6) is 5.75 Å². The third-order valence-electron chi connectivity index (χ3n) is 4.90. The Balaban J connectivity index is 1.81. The summed E-state index contributed by atoms with van der Waals surface area (Å²) in [7, 11) is 1.59. The normalized spacial score (nSPS) is 16.3. The minimum absolute atomic E-state index is 0.00356. The van der Waals surface area contributed by atoms with Gasteiger partial charge in [-0.25, -0.2) is 4.39 Å². The lowest BCUT2D eigenvalue weighted by molar-refractivity contribution is -0.139.